The van der Waals surface area contributed by atoms with Crippen LogP contribution in [0.15, 0.2) is 18.2 Å². The molecule has 0 aliphatic heterocycles. The standard InChI is InChI=1S/C12H17ClN2O2/c1-3-15(2)12(17)8-14-7-9-4-5-11(16)10(13)6-9/h4-6,14,16H,3,7-8H2,1-2H3. The van der Waals surface area contributed by atoms with Gasteiger partial charge in [-0.15, -0.1) is 0 Å². The SMILES string of the molecule is CCN(C)C(=O)CNCc1ccc(O)c(Cl)c1. The first-order chi connectivity index (χ1) is 8.04. The normalized spacial score (nSPS) is 10.3. The second-order valence-electron chi connectivity index (χ2n) is 3.80. The third-order valence-electron chi connectivity index (χ3n) is 2.52. The monoisotopic (exact) mass is 256 g/mol. The van der Waals surface area contributed by atoms with E-state index in [-0.39, 0.29) is 11.7 Å². The maximum atomic E-state index is 11.5. The molecule has 0 spiro atoms. The first-order valence-electron chi connectivity index (χ1n) is 5.46. The molecule has 1 rings (SSSR count). The fraction of sp³-hybridized carbons (Fsp3) is 0.417. The van der Waals surface area contributed by atoms with Crippen molar-refractivity contribution in [3.63, 3.8) is 0 Å². The van der Waals surface area contributed by atoms with E-state index in [0.717, 1.165) is 5.56 Å². The maximum Gasteiger partial charge on any atom is 0.236 e. The molecule has 1 aromatic carbocycles. The Labute approximate surface area is 106 Å². The van der Waals surface area contributed by atoms with Crippen LogP contribution in [0.4, 0.5) is 0 Å². The number of likely N-dealkylation sites (N-methyl/N-ethyl adjacent to an activating group) is 1. The molecule has 0 radical (unpaired) electrons. The molecule has 0 unspecified atom stereocenters. The summed E-state index contributed by atoms with van der Waals surface area (Å²) in [6, 6.07) is 4.99. The van der Waals surface area contributed by atoms with Gasteiger partial charge in [0.15, 0.2) is 0 Å². The zero-order valence-corrected chi connectivity index (χ0v) is 10.8. The third kappa shape index (κ3) is 4.24. The highest BCUT2D eigenvalue weighted by Crippen LogP contribution is 2.23. The molecule has 4 nitrogen and oxygen atoms in total. The molecule has 0 aliphatic rings. The molecule has 0 fully saturated rings. The van der Waals surface area contributed by atoms with Crippen LogP contribution >= 0.6 is 11.6 Å². The van der Waals surface area contributed by atoms with E-state index in [2.05, 4.69) is 5.32 Å². The van der Waals surface area contributed by atoms with Crippen molar-refractivity contribution < 1.29 is 9.90 Å². The number of carbonyl (C=O) groups excluding carboxylic acids is 1. The highest BCUT2D eigenvalue weighted by Gasteiger charge is 2.05. The average molecular weight is 257 g/mol. The van der Waals surface area contributed by atoms with Gasteiger partial charge in [0.1, 0.15) is 5.75 Å². The van der Waals surface area contributed by atoms with E-state index in [1.807, 2.05) is 6.92 Å². The van der Waals surface area contributed by atoms with E-state index >= 15 is 0 Å². The molecule has 0 saturated heterocycles. The molecule has 1 aromatic rings. The van der Waals surface area contributed by atoms with Crippen molar-refractivity contribution >= 4 is 17.5 Å². The van der Waals surface area contributed by atoms with Crippen LogP contribution in [0, 0.1) is 0 Å². The Morgan fingerprint density at radius 2 is 2.24 bits per heavy atom. The van der Waals surface area contributed by atoms with Gasteiger partial charge < -0.3 is 15.3 Å². The summed E-state index contributed by atoms with van der Waals surface area (Å²) in [5.74, 6) is 0.120. The molecule has 0 aliphatic carbocycles. The first-order valence-corrected chi connectivity index (χ1v) is 5.84. The Balaban J connectivity index is 2.41. The number of nitrogens with zero attached hydrogens (tertiary/aromatic N) is 1. The van der Waals surface area contributed by atoms with Crippen LogP contribution in [0.5, 0.6) is 5.75 Å². The summed E-state index contributed by atoms with van der Waals surface area (Å²) in [6.45, 7) is 3.47. The number of hydrogen-bond acceptors (Lipinski definition) is 3. The number of rotatable bonds is 5. The van der Waals surface area contributed by atoms with Gasteiger partial charge >= 0.3 is 0 Å². The van der Waals surface area contributed by atoms with E-state index in [0.29, 0.717) is 24.7 Å². The van der Waals surface area contributed by atoms with Gasteiger partial charge in [-0.25, -0.2) is 0 Å². The van der Waals surface area contributed by atoms with Gasteiger partial charge in [0.05, 0.1) is 11.6 Å². The number of hydrogen-bond donors (Lipinski definition) is 2. The molecule has 0 aromatic heterocycles. The largest absolute Gasteiger partial charge is 0.506 e. The van der Waals surface area contributed by atoms with Crippen LogP contribution in [0.2, 0.25) is 5.02 Å². The summed E-state index contributed by atoms with van der Waals surface area (Å²) in [4.78, 5) is 13.1. The molecule has 0 atom stereocenters. The van der Waals surface area contributed by atoms with Gasteiger partial charge in [-0.3, -0.25) is 4.79 Å². The molecular formula is C12H17ClN2O2. The summed E-state index contributed by atoms with van der Waals surface area (Å²) in [5.41, 5.74) is 0.930. The highest BCUT2D eigenvalue weighted by atomic mass is 35.5. The smallest absolute Gasteiger partial charge is 0.236 e. The van der Waals surface area contributed by atoms with Crippen molar-refractivity contribution in [1.82, 2.24) is 10.2 Å². The topological polar surface area (TPSA) is 52.6 Å². The fourth-order valence-corrected chi connectivity index (χ4v) is 1.49. The van der Waals surface area contributed by atoms with Crippen molar-refractivity contribution in [2.24, 2.45) is 0 Å². The lowest BCUT2D eigenvalue weighted by Gasteiger charge is -2.14. The number of nitrogens with one attached hydrogen (secondary N) is 1. The molecule has 1 amide bonds. The van der Waals surface area contributed by atoms with Crippen LogP contribution in [-0.4, -0.2) is 36.1 Å². The summed E-state index contributed by atoms with van der Waals surface area (Å²) in [6.07, 6.45) is 0. The molecule has 0 saturated carbocycles. The van der Waals surface area contributed by atoms with Crippen molar-refractivity contribution in [2.75, 3.05) is 20.1 Å². The number of phenolic OH excluding ortho intramolecular Hbond substituents is 1. The number of aromatic hydroxyl groups is 1. The number of carbonyl (C=O) groups is 1. The summed E-state index contributed by atoms with van der Waals surface area (Å²) in [5, 5.41) is 12.6. The second-order valence-corrected chi connectivity index (χ2v) is 4.20. The van der Waals surface area contributed by atoms with Gasteiger partial charge in [0, 0.05) is 20.1 Å². The quantitative estimate of drug-likeness (QED) is 0.842. The predicted molar refractivity (Wildman–Crippen MR) is 68.1 cm³/mol. The number of phenols is 1. The second kappa shape index (κ2) is 6.47. The minimum Gasteiger partial charge on any atom is -0.506 e. The van der Waals surface area contributed by atoms with Gasteiger partial charge in [0.25, 0.3) is 0 Å². The van der Waals surface area contributed by atoms with Gasteiger partial charge in [-0.1, -0.05) is 17.7 Å². The maximum absolute atomic E-state index is 11.5. The van der Waals surface area contributed by atoms with E-state index in [9.17, 15) is 9.90 Å². The number of halogens is 1. The molecule has 17 heavy (non-hydrogen) atoms. The van der Waals surface area contributed by atoms with E-state index in [1.54, 1.807) is 30.1 Å². The molecule has 0 bridgehead atoms. The summed E-state index contributed by atoms with van der Waals surface area (Å²) < 4.78 is 0. The molecule has 94 valence electrons. The van der Waals surface area contributed by atoms with Crippen LogP contribution in [0.3, 0.4) is 0 Å². The molecule has 0 heterocycles. The van der Waals surface area contributed by atoms with Crippen molar-refractivity contribution in [2.45, 2.75) is 13.5 Å². The van der Waals surface area contributed by atoms with Gasteiger partial charge in [-0.2, -0.15) is 0 Å². The Kier molecular flexibility index (Phi) is 5.25. The van der Waals surface area contributed by atoms with Crippen LogP contribution < -0.4 is 5.32 Å². The summed E-state index contributed by atoms with van der Waals surface area (Å²) >= 11 is 5.78. The first kappa shape index (κ1) is 13.8. The third-order valence-corrected chi connectivity index (χ3v) is 2.82. The van der Waals surface area contributed by atoms with Crippen LogP contribution in [0.25, 0.3) is 0 Å². The minimum absolute atomic E-state index is 0.0531. The van der Waals surface area contributed by atoms with Crippen molar-refractivity contribution in [3.05, 3.63) is 28.8 Å². The predicted octanol–water partition coefficient (Wildman–Crippen LogP) is 1.61. The highest BCUT2D eigenvalue weighted by molar-refractivity contribution is 6.32. The zero-order chi connectivity index (χ0) is 12.8. The Hall–Kier alpha value is -1.26. The lowest BCUT2D eigenvalue weighted by Crippen LogP contribution is -2.35. The van der Waals surface area contributed by atoms with Gasteiger partial charge in [0.2, 0.25) is 5.91 Å². The van der Waals surface area contributed by atoms with Crippen LogP contribution in [0.1, 0.15) is 12.5 Å². The lowest BCUT2D eigenvalue weighted by molar-refractivity contribution is -0.128. The van der Waals surface area contributed by atoms with Crippen molar-refractivity contribution in [3.8, 4) is 5.75 Å². The zero-order valence-electron chi connectivity index (χ0n) is 10.0. The Morgan fingerprint density at radius 1 is 1.53 bits per heavy atom. The van der Waals surface area contributed by atoms with E-state index in [1.165, 1.54) is 0 Å². The summed E-state index contributed by atoms with van der Waals surface area (Å²) in [7, 11) is 1.77. The van der Waals surface area contributed by atoms with Gasteiger partial charge in [-0.05, 0) is 24.6 Å². The van der Waals surface area contributed by atoms with E-state index < -0.39 is 0 Å². The van der Waals surface area contributed by atoms with Crippen LogP contribution in [-0.2, 0) is 11.3 Å². The lowest BCUT2D eigenvalue weighted by atomic mass is 10.2. The molecule has 2 N–H and O–H groups in total. The Morgan fingerprint density at radius 3 is 2.82 bits per heavy atom. The fourth-order valence-electron chi connectivity index (χ4n) is 1.29. The van der Waals surface area contributed by atoms with Crippen molar-refractivity contribution in [1.29, 1.82) is 0 Å². The number of benzene rings is 1. The van der Waals surface area contributed by atoms with E-state index in [4.69, 9.17) is 11.6 Å². The molecular weight excluding hydrogens is 240 g/mol. The number of amides is 1. The Bertz CT molecular complexity index is 396. The minimum atomic E-state index is 0.0531. The molecule has 5 heteroatoms. The average Bonchev–Trinajstić information content (AvgIpc) is 2.32.